The molecule has 5 atom stereocenters. The summed E-state index contributed by atoms with van der Waals surface area (Å²) < 4.78 is 5.20. The number of ether oxygens (including phenoxy) is 1. The molecule has 9 heteroatoms. The number of carbonyl (C=O) groups excluding carboxylic acids is 1. The standard InChI is InChI=1S/C20H22N2O7/c1-10(23)21-13-6-2-11(3-7-13)12-4-8-14(9-5-12)22-19-17(26)15(24)16(25)18(29-19)20(27)28/h2-9,15-19,22,24-26H,1H3,(H,21,23)(H,27,28)/t15-,16-,17+,18-,19+/m0/s1. The van der Waals surface area contributed by atoms with E-state index in [4.69, 9.17) is 9.84 Å². The van der Waals surface area contributed by atoms with E-state index in [9.17, 15) is 24.9 Å². The molecule has 0 bridgehead atoms. The Morgan fingerprint density at radius 3 is 1.83 bits per heavy atom. The quantitative estimate of drug-likeness (QED) is 0.426. The Labute approximate surface area is 166 Å². The van der Waals surface area contributed by atoms with E-state index in [-0.39, 0.29) is 5.91 Å². The van der Waals surface area contributed by atoms with Crippen LogP contribution in [-0.4, -0.2) is 62.9 Å². The maximum Gasteiger partial charge on any atom is 0.335 e. The Morgan fingerprint density at radius 1 is 0.828 bits per heavy atom. The van der Waals surface area contributed by atoms with Gasteiger partial charge in [0.1, 0.15) is 18.3 Å². The molecular weight excluding hydrogens is 380 g/mol. The molecule has 1 heterocycles. The molecule has 3 rings (SSSR count). The number of aliphatic carboxylic acids is 1. The van der Waals surface area contributed by atoms with Gasteiger partial charge in [0.25, 0.3) is 0 Å². The van der Waals surface area contributed by atoms with Crippen LogP contribution in [0.2, 0.25) is 0 Å². The zero-order valence-corrected chi connectivity index (χ0v) is 15.5. The minimum atomic E-state index is -1.73. The van der Waals surface area contributed by atoms with Crippen molar-refractivity contribution in [1.82, 2.24) is 0 Å². The smallest absolute Gasteiger partial charge is 0.335 e. The predicted octanol–water partition coefficient (Wildman–Crippen LogP) is 0.616. The molecular formula is C20H22N2O7. The number of benzene rings is 2. The monoisotopic (exact) mass is 402 g/mol. The van der Waals surface area contributed by atoms with Gasteiger partial charge >= 0.3 is 5.97 Å². The first-order chi connectivity index (χ1) is 13.8. The van der Waals surface area contributed by atoms with Crippen molar-refractivity contribution in [2.75, 3.05) is 10.6 Å². The SMILES string of the molecule is CC(=O)Nc1ccc(-c2ccc(N[C@@H]3O[C@H](C(=O)O)[C@@H](O)[C@H](O)[C@H]3O)cc2)cc1. The molecule has 0 saturated carbocycles. The lowest BCUT2D eigenvalue weighted by Gasteiger charge is -2.39. The number of rotatable bonds is 5. The van der Waals surface area contributed by atoms with Gasteiger partial charge in [0.15, 0.2) is 12.3 Å². The molecule has 9 nitrogen and oxygen atoms in total. The molecule has 1 saturated heterocycles. The van der Waals surface area contributed by atoms with Gasteiger partial charge in [-0.25, -0.2) is 4.79 Å². The van der Waals surface area contributed by atoms with Gasteiger partial charge in [-0.05, 0) is 35.4 Å². The van der Waals surface area contributed by atoms with Gasteiger partial charge in [-0.3, -0.25) is 4.79 Å². The lowest BCUT2D eigenvalue weighted by atomic mass is 9.98. The number of aliphatic hydroxyl groups is 3. The van der Waals surface area contributed by atoms with Gasteiger partial charge in [-0.15, -0.1) is 0 Å². The molecule has 0 radical (unpaired) electrons. The summed E-state index contributed by atoms with van der Waals surface area (Å²) in [7, 11) is 0. The topological polar surface area (TPSA) is 148 Å². The Kier molecular flexibility index (Phi) is 6.14. The van der Waals surface area contributed by atoms with Gasteiger partial charge in [-0.2, -0.15) is 0 Å². The zero-order chi connectivity index (χ0) is 21.1. The van der Waals surface area contributed by atoms with Gasteiger partial charge in [0.2, 0.25) is 5.91 Å². The zero-order valence-electron chi connectivity index (χ0n) is 15.5. The lowest BCUT2D eigenvalue weighted by molar-refractivity contribution is -0.221. The third kappa shape index (κ3) is 4.72. The highest BCUT2D eigenvalue weighted by atomic mass is 16.6. The van der Waals surface area contributed by atoms with E-state index >= 15 is 0 Å². The molecule has 154 valence electrons. The summed E-state index contributed by atoms with van der Waals surface area (Å²) in [6.07, 6.45) is -7.78. The number of amides is 1. The van der Waals surface area contributed by atoms with Crippen molar-refractivity contribution in [2.45, 2.75) is 37.6 Å². The molecule has 29 heavy (non-hydrogen) atoms. The van der Waals surface area contributed by atoms with E-state index in [0.29, 0.717) is 11.4 Å². The number of nitrogens with one attached hydrogen (secondary N) is 2. The van der Waals surface area contributed by atoms with Crippen LogP contribution in [0.5, 0.6) is 0 Å². The highest BCUT2D eigenvalue weighted by molar-refractivity contribution is 5.89. The first-order valence-corrected chi connectivity index (χ1v) is 8.93. The Bertz CT molecular complexity index is 869. The fraction of sp³-hybridized carbons (Fsp3) is 0.300. The molecule has 0 spiro atoms. The first kappa shape index (κ1) is 20.7. The van der Waals surface area contributed by atoms with Gasteiger partial charge < -0.3 is 35.8 Å². The van der Waals surface area contributed by atoms with Gasteiger partial charge in [-0.1, -0.05) is 24.3 Å². The van der Waals surface area contributed by atoms with Crippen LogP contribution in [0.4, 0.5) is 11.4 Å². The van der Waals surface area contributed by atoms with Crippen molar-refractivity contribution in [3.8, 4) is 11.1 Å². The minimum absolute atomic E-state index is 0.150. The maximum absolute atomic E-state index is 11.2. The number of carboxylic acids is 1. The van der Waals surface area contributed by atoms with Crippen molar-refractivity contribution < 1.29 is 34.8 Å². The molecule has 1 amide bonds. The minimum Gasteiger partial charge on any atom is -0.479 e. The normalized spacial score (nSPS) is 26.6. The Morgan fingerprint density at radius 2 is 1.34 bits per heavy atom. The van der Waals surface area contributed by atoms with Crippen LogP contribution in [0.1, 0.15) is 6.92 Å². The highest BCUT2D eigenvalue weighted by Gasteiger charge is 2.46. The molecule has 2 aromatic carbocycles. The summed E-state index contributed by atoms with van der Waals surface area (Å²) in [4.78, 5) is 22.3. The van der Waals surface area contributed by atoms with Crippen LogP contribution in [0.25, 0.3) is 11.1 Å². The second-order valence-electron chi connectivity index (χ2n) is 6.77. The summed E-state index contributed by atoms with van der Waals surface area (Å²) >= 11 is 0. The molecule has 6 N–H and O–H groups in total. The largest absolute Gasteiger partial charge is 0.479 e. The summed E-state index contributed by atoms with van der Waals surface area (Å²) in [5.74, 6) is -1.59. The molecule has 2 aromatic rings. The van der Waals surface area contributed by atoms with E-state index in [1.807, 2.05) is 24.3 Å². The average molecular weight is 402 g/mol. The number of carboxylic acid groups (broad SMARTS) is 1. The molecule has 0 unspecified atom stereocenters. The maximum atomic E-state index is 11.2. The van der Waals surface area contributed by atoms with Crippen LogP contribution >= 0.6 is 0 Å². The van der Waals surface area contributed by atoms with E-state index in [0.717, 1.165) is 11.1 Å². The third-order valence-corrected chi connectivity index (χ3v) is 4.59. The molecule has 0 aliphatic carbocycles. The fourth-order valence-electron chi connectivity index (χ4n) is 3.08. The van der Waals surface area contributed by atoms with Crippen LogP contribution in [-0.2, 0) is 14.3 Å². The Hall–Kier alpha value is -2.98. The lowest BCUT2D eigenvalue weighted by Crippen LogP contribution is -2.61. The molecule has 0 aromatic heterocycles. The van der Waals surface area contributed by atoms with Crippen molar-refractivity contribution in [2.24, 2.45) is 0 Å². The summed E-state index contributed by atoms with van der Waals surface area (Å²) in [5, 5.41) is 44.3. The number of aliphatic hydroxyl groups excluding tert-OH is 3. The number of hydrogen-bond acceptors (Lipinski definition) is 7. The average Bonchev–Trinajstić information content (AvgIpc) is 2.69. The second-order valence-corrected chi connectivity index (χ2v) is 6.77. The second kappa shape index (κ2) is 8.58. The first-order valence-electron chi connectivity index (χ1n) is 8.93. The van der Waals surface area contributed by atoms with Crippen LogP contribution < -0.4 is 10.6 Å². The van der Waals surface area contributed by atoms with E-state index in [1.165, 1.54) is 6.92 Å². The number of hydrogen-bond donors (Lipinski definition) is 6. The van der Waals surface area contributed by atoms with E-state index in [1.54, 1.807) is 24.3 Å². The highest BCUT2D eigenvalue weighted by Crippen LogP contribution is 2.26. The van der Waals surface area contributed by atoms with Gasteiger partial charge in [0, 0.05) is 18.3 Å². The van der Waals surface area contributed by atoms with Crippen LogP contribution in [0, 0.1) is 0 Å². The fourth-order valence-corrected chi connectivity index (χ4v) is 3.08. The van der Waals surface area contributed by atoms with E-state index < -0.39 is 36.6 Å². The summed E-state index contributed by atoms with van der Waals surface area (Å²) in [5.41, 5.74) is 3.04. The van der Waals surface area contributed by atoms with E-state index in [2.05, 4.69) is 10.6 Å². The number of carbonyl (C=O) groups is 2. The van der Waals surface area contributed by atoms with Crippen molar-refractivity contribution in [3.63, 3.8) is 0 Å². The van der Waals surface area contributed by atoms with Gasteiger partial charge in [0.05, 0.1) is 0 Å². The summed E-state index contributed by atoms with van der Waals surface area (Å²) in [6, 6.07) is 14.3. The van der Waals surface area contributed by atoms with Crippen molar-refractivity contribution in [3.05, 3.63) is 48.5 Å². The molecule has 1 aliphatic heterocycles. The van der Waals surface area contributed by atoms with Crippen LogP contribution in [0.3, 0.4) is 0 Å². The Balaban J connectivity index is 1.70. The molecule has 1 fully saturated rings. The molecule has 1 aliphatic rings. The third-order valence-electron chi connectivity index (χ3n) is 4.59. The summed E-state index contributed by atoms with van der Waals surface area (Å²) in [6.45, 7) is 1.44. The number of anilines is 2. The predicted molar refractivity (Wildman–Crippen MR) is 104 cm³/mol. The van der Waals surface area contributed by atoms with Crippen molar-refractivity contribution in [1.29, 1.82) is 0 Å². The van der Waals surface area contributed by atoms with Crippen molar-refractivity contribution >= 4 is 23.3 Å². The van der Waals surface area contributed by atoms with Crippen LogP contribution in [0.15, 0.2) is 48.5 Å².